The summed E-state index contributed by atoms with van der Waals surface area (Å²) in [7, 11) is 0. The van der Waals surface area contributed by atoms with Crippen LogP contribution in [0.2, 0.25) is 0 Å². The summed E-state index contributed by atoms with van der Waals surface area (Å²) in [6.45, 7) is 11.4. The van der Waals surface area contributed by atoms with E-state index < -0.39 is 18.0 Å². The summed E-state index contributed by atoms with van der Waals surface area (Å²) in [5, 5.41) is 0. The van der Waals surface area contributed by atoms with Crippen LogP contribution >= 0.6 is 0 Å². The lowest BCUT2D eigenvalue weighted by Crippen LogP contribution is -2.27. The van der Waals surface area contributed by atoms with Gasteiger partial charge in [-0.2, -0.15) is 0 Å². The summed E-state index contributed by atoms with van der Waals surface area (Å²) in [6.07, 6.45) is 1.87. The predicted octanol–water partition coefficient (Wildman–Crippen LogP) is 3.27. The molecule has 0 aromatic carbocycles. The third-order valence-corrected chi connectivity index (χ3v) is 3.16. The second-order valence-electron chi connectivity index (χ2n) is 5.04. The van der Waals surface area contributed by atoms with E-state index in [0.717, 1.165) is 6.42 Å². The van der Waals surface area contributed by atoms with Gasteiger partial charge in [0.15, 0.2) is 0 Å². The van der Waals surface area contributed by atoms with Crippen LogP contribution in [0.15, 0.2) is 12.7 Å². The third kappa shape index (κ3) is 4.04. The minimum atomic E-state index is -0.662. The van der Waals surface area contributed by atoms with E-state index in [4.69, 9.17) is 14.2 Å². The van der Waals surface area contributed by atoms with Crippen molar-refractivity contribution in [1.29, 1.82) is 0 Å². The summed E-state index contributed by atoms with van der Waals surface area (Å²) in [4.78, 5) is 11.5. The van der Waals surface area contributed by atoms with Crippen molar-refractivity contribution in [2.75, 3.05) is 0 Å². The zero-order valence-electron chi connectivity index (χ0n) is 11.1. The molecule has 0 bridgehead atoms. The molecule has 0 radical (unpaired) electrons. The number of hydrogen-bond acceptors (Lipinski definition) is 4. The van der Waals surface area contributed by atoms with Crippen LogP contribution in [0, 0.1) is 5.92 Å². The minimum absolute atomic E-state index is 0.158. The van der Waals surface area contributed by atoms with E-state index in [2.05, 4.69) is 6.58 Å². The van der Waals surface area contributed by atoms with E-state index in [9.17, 15) is 4.79 Å². The Bertz CT molecular complexity index is 287. The van der Waals surface area contributed by atoms with Crippen molar-refractivity contribution in [3.05, 3.63) is 12.7 Å². The van der Waals surface area contributed by atoms with E-state index in [1.165, 1.54) is 0 Å². The Morgan fingerprint density at radius 1 is 1.53 bits per heavy atom. The van der Waals surface area contributed by atoms with Crippen molar-refractivity contribution in [2.45, 2.75) is 58.5 Å². The van der Waals surface area contributed by atoms with Gasteiger partial charge in [-0.1, -0.05) is 19.9 Å². The molecule has 1 heterocycles. The Balaban J connectivity index is 2.36. The van der Waals surface area contributed by atoms with Crippen LogP contribution in [-0.4, -0.2) is 24.2 Å². The van der Waals surface area contributed by atoms with E-state index in [-0.39, 0.29) is 12.0 Å². The van der Waals surface area contributed by atoms with Gasteiger partial charge in [-0.3, -0.25) is 0 Å². The Morgan fingerprint density at radius 2 is 2.18 bits per heavy atom. The van der Waals surface area contributed by atoms with E-state index in [0.29, 0.717) is 6.42 Å². The molecule has 1 fully saturated rings. The number of rotatable bonds is 4. The van der Waals surface area contributed by atoms with Gasteiger partial charge >= 0.3 is 6.16 Å². The van der Waals surface area contributed by atoms with Crippen molar-refractivity contribution >= 4 is 6.16 Å². The fourth-order valence-corrected chi connectivity index (χ4v) is 1.48. The molecule has 0 aromatic rings. The number of carbonyl (C=O) groups excluding carboxylic acids is 1. The predicted molar refractivity (Wildman–Crippen MR) is 64.6 cm³/mol. The normalized spacial score (nSPS) is 30.1. The Hall–Kier alpha value is -1.03. The smallest absolute Gasteiger partial charge is 0.431 e. The van der Waals surface area contributed by atoms with E-state index in [1.807, 2.05) is 27.7 Å². The van der Waals surface area contributed by atoms with Crippen LogP contribution in [0.3, 0.4) is 0 Å². The minimum Gasteiger partial charge on any atom is -0.431 e. The van der Waals surface area contributed by atoms with Gasteiger partial charge in [0, 0.05) is 6.42 Å². The van der Waals surface area contributed by atoms with Crippen molar-refractivity contribution in [3.8, 4) is 0 Å². The maximum absolute atomic E-state index is 11.5. The average molecular weight is 242 g/mol. The summed E-state index contributed by atoms with van der Waals surface area (Å²) < 4.78 is 15.8. The molecule has 0 aromatic heterocycles. The van der Waals surface area contributed by atoms with Crippen molar-refractivity contribution < 1.29 is 19.0 Å². The van der Waals surface area contributed by atoms with Crippen LogP contribution in [0.4, 0.5) is 4.79 Å². The van der Waals surface area contributed by atoms with Gasteiger partial charge in [-0.05, 0) is 26.2 Å². The Labute approximate surface area is 103 Å². The molecular formula is C13H22O4. The van der Waals surface area contributed by atoms with Gasteiger partial charge in [0.1, 0.15) is 6.10 Å². The second kappa shape index (κ2) is 5.54. The SMILES string of the molecule is C=CC1(C)CCC(OC(=O)OC(C)C(C)C)O1. The molecule has 17 heavy (non-hydrogen) atoms. The van der Waals surface area contributed by atoms with E-state index >= 15 is 0 Å². The van der Waals surface area contributed by atoms with Gasteiger partial charge in [0.2, 0.25) is 6.29 Å². The van der Waals surface area contributed by atoms with Gasteiger partial charge in [-0.15, -0.1) is 6.58 Å². The topological polar surface area (TPSA) is 44.8 Å². The maximum atomic E-state index is 11.5. The molecule has 0 spiro atoms. The summed E-state index contributed by atoms with van der Waals surface area (Å²) >= 11 is 0. The molecule has 3 unspecified atom stereocenters. The van der Waals surface area contributed by atoms with Gasteiger partial charge < -0.3 is 14.2 Å². The zero-order valence-corrected chi connectivity index (χ0v) is 11.1. The number of hydrogen-bond donors (Lipinski definition) is 0. The van der Waals surface area contributed by atoms with Crippen LogP contribution in [-0.2, 0) is 14.2 Å². The lowest BCUT2D eigenvalue weighted by atomic mass is 10.0. The second-order valence-corrected chi connectivity index (χ2v) is 5.04. The molecule has 0 saturated carbocycles. The molecule has 98 valence electrons. The summed E-state index contributed by atoms with van der Waals surface area (Å²) in [6, 6.07) is 0. The molecule has 1 rings (SSSR count). The average Bonchev–Trinajstić information content (AvgIpc) is 2.60. The highest BCUT2D eigenvalue weighted by atomic mass is 16.8. The first kappa shape index (κ1) is 14.0. The molecule has 4 heteroatoms. The van der Waals surface area contributed by atoms with Crippen molar-refractivity contribution in [3.63, 3.8) is 0 Å². The molecule has 1 aliphatic heterocycles. The highest BCUT2D eigenvalue weighted by molar-refractivity contribution is 5.60. The molecule has 1 aliphatic rings. The standard InChI is InChI=1S/C13H22O4/c1-6-13(5)8-7-11(17-13)16-12(14)15-10(4)9(2)3/h6,9-11H,1,7-8H2,2-5H3. The van der Waals surface area contributed by atoms with Gasteiger partial charge in [-0.25, -0.2) is 4.79 Å². The van der Waals surface area contributed by atoms with Crippen LogP contribution in [0.1, 0.15) is 40.5 Å². The quantitative estimate of drug-likeness (QED) is 0.560. The zero-order chi connectivity index (χ0) is 13.1. The first-order valence-electron chi connectivity index (χ1n) is 6.05. The van der Waals surface area contributed by atoms with Crippen molar-refractivity contribution in [2.24, 2.45) is 5.92 Å². The number of carbonyl (C=O) groups is 1. The molecular weight excluding hydrogens is 220 g/mol. The largest absolute Gasteiger partial charge is 0.510 e. The van der Waals surface area contributed by atoms with Crippen LogP contribution in [0.5, 0.6) is 0 Å². The molecule has 4 nitrogen and oxygen atoms in total. The molecule has 1 saturated heterocycles. The number of ether oxygens (including phenoxy) is 3. The van der Waals surface area contributed by atoms with Crippen LogP contribution < -0.4 is 0 Å². The van der Waals surface area contributed by atoms with Gasteiger partial charge in [0.25, 0.3) is 0 Å². The Kier molecular flexibility index (Phi) is 4.57. The fourth-order valence-electron chi connectivity index (χ4n) is 1.48. The molecule has 0 amide bonds. The summed E-state index contributed by atoms with van der Waals surface area (Å²) in [5.74, 6) is 0.269. The third-order valence-electron chi connectivity index (χ3n) is 3.16. The monoisotopic (exact) mass is 242 g/mol. The first-order chi connectivity index (χ1) is 7.86. The van der Waals surface area contributed by atoms with Gasteiger partial charge in [0.05, 0.1) is 5.60 Å². The fraction of sp³-hybridized carbons (Fsp3) is 0.769. The van der Waals surface area contributed by atoms with Crippen molar-refractivity contribution in [1.82, 2.24) is 0 Å². The first-order valence-corrected chi connectivity index (χ1v) is 6.05. The lowest BCUT2D eigenvalue weighted by Gasteiger charge is -2.21. The lowest BCUT2D eigenvalue weighted by molar-refractivity contribution is -0.136. The van der Waals surface area contributed by atoms with Crippen LogP contribution in [0.25, 0.3) is 0 Å². The molecule has 3 atom stereocenters. The maximum Gasteiger partial charge on any atom is 0.510 e. The highest BCUT2D eigenvalue weighted by Crippen LogP contribution is 2.31. The van der Waals surface area contributed by atoms with E-state index in [1.54, 1.807) is 6.08 Å². The summed E-state index contributed by atoms with van der Waals surface area (Å²) in [5.41, 5.74) is -0.394. The molecule has 0 N–H and O–H groups in total. The highest BCUT2D eigenvalue weighted by Gasteiger charge is 2.36. The Morgan fingerprint density at radius 3 is 2.65 bits per heavy atom. The molecule has 0 aliphatic carbocycles.